The van der Waals surface area contributed by atoms with E-state index in [4.69, 9.17) is 13.9 Å². The predicted molar refractivity (Wildman–Crippen MR) is 122 cm³/mol. The van der Waals surface area contributed by atoms with E-state index in [2.05, 4.69) is 25.5 Å². The lowest BCUT2D eigenvalue weighted by Gasteiger charge is -2.27. The average Bonchev–Trinajstić information content (AvgIpc) is 3.52. The predicted octanol–water partition coefficient (Wildman–Crippen LogP) is 5.41. The van der Waals surface area contributed by atoms with Crippen molar-refractivity contribution in [2.24, 2.45) is 5.92 Å². The van der Waals surface area contributed by atoms with Crippen LogP contribution < -0.4 is 10.1 Å². The van der Waals surface area contributed by atoms with Crippen LogP contribution in [0.25, 0.3) is 22.7 Å². The van der Waals surface area contributed by atoms with Gasteiger partial charge in [0.25, 0.3) is 5.89 Å². The molecule has 1 aliphatic rings. The number of halogens is 4. The third kappa shape index (κ3) is 5.06. The zero-order valence-corrected chi connectivity index (χ0v) is 19.5. The van der Waals surface area contributed by atoms with E-state index in [9.17, 15) is 18.0 Å². The van der Waals surface area contributed by atoms with E-state index in [1.165, 1.54) is 6.07 Å². The summed E-state index contributed by atoms with van der Waals surface area (Å²) in [6, 6.07) is 3.69. The van der Waals surface area contributed by atoms with Crippen LogP contribution in [-0.2, 0) is 9.53 Å². The summed E-state index contributed by atoms with van der Waals surface area (Å²) in [7, 11) is 0. The first kappa shape index (κ1) is 24.5. The summed E-state index contributed by atoms with van der Waals surface area (Å²) in [4.78, 5) is 18.9. The molecule has 194 valence electrons. The molecule has 2 aromatic carbocycles. The molecular weight excluding hydrogens is 498 g/mol. The van der Waals surface area contributed by atoms with Gasteiger partial charge in [0, 0.05) is 12.1 Å². The highest BCUT2D eigenvalue weighted by Crippen LogP contribution is 2.33. The number of hydrogen-bond acceptors (Lipinski definition) is 8. The molecule has 5 rings (SSSR count). The Labute approximate surface area is 207 Å². The lowest BCUT2D eigenvalue weighted by Crippen LogP contribution is -2.29. The van der Waals surface area contributed by atoms with Crippen molar-refractivity contribution < 1.29 is 36.2 Å². The lowest BCUT2D eigenvalue weighted by atomic mass is 9.87. The van der Waals surface area contributed by atoms with Gasteiger partial charge in [-0.25, -0.2) is 22.5 Å². The molecule has 1 aliphatic carbocycles. The van der Waals surface area contributed by atoms with Crippen molar-refractivity contribution in [1.82, 2.24) is 20.2 Å². The van der Waals surface area contributed by atoms with E-state index in [1.807, 2.05) is 0 Å². The molecular formula is C24H21F4N5O4. The fourth-order valence-corrected chi connectivity index (χ4v) is 4.18. The average molecular weight is 519 g/mol. The second-order valence-corrected chi connectivity index (χ2v) is 8.48. The number of fused-ring (bicyclic) bond motifs is 1. The third-order valence-electron chi connectivity index (χ3n) is 6.03. The number of nitrogens with one attached hydrogen (secondary N) is 2. The van der Waals surface area contributed by atoms with E-state index < -0.39 is 29.0 Å². The van der Waals surface area contributed by atoms with Gasteiger partial charge >= 0.3 is 12.0 Å². The number of benzene rings is 2. The van der Waals surface area contributed by atoms with Gasteiger partial charge in [-0.05, 0) is 44.7 Å². The topological polar surface area (TPSA) is 115 Å². The number of hydrogen-bond donors (Lipinski definition) is 2. The maximum Gasteiger partial charge on any atom is 0.320 e. The van der Waals surface area contributed by atoms with Gasteiger partial charge in [0.15, 0.2) is 29.0 Å². The Morgan fingerprint density at radius 3 is 2.59 bits per heavy atom. The van der Waals surface area contributed by atoms with Crippen LogP contribution in [0.5, 0.6) is 5.75 Å². The Balaban J connectivity index is 1.29. The molecule has 2 heterocycles. The molecule has 1 fully saturated rings. The monoisotopic (exact) mass is 519 g/mol. The standard InChI is InChI=1S/C24H21F4N5O4/c1-2-35-23(34)11-3-5-12(6-4-11)36-18-8-7-16-20(19(18)28)31-21(29-16)22-32-33-24(37-22)30-17-10-14(26)13(25)9-15(17)27/h7-12H,2-6H2,1H3,(H,29,31)(H,30,33). The van der Waals surface area contributed by atoms with Crippen molar-refractivity contribution in [3.8, 4) is 17.5 Å². The van der Waals surface area contributed by atoms with Gasteiger partial charge in [-0.1, -0.05) is 5.10 Å². The highest BCUT2D eigenvalue weighted by Gasteiger charge is 2.29. The normalized spacial score (nSPS) is 17.6. The number of esters is 1. The number of H-pyrrole nitrogens is 1. The molecule has 0 unspecified atom stereocenters. The molecule has 9 nitrogen and oxygen atoms in total. The first-order valence-electron chi connectivity index (χ1n) is 11.6. The summed E-state index contributed by atoms with van der Waals surface area (Å²) in [6.07, 6.45) is 2.13. The van der Waals surface area contributed by atoms with Gasteiger partial charge in [0.2, 0.25) is 0 Å². The summed E-state index contributed by atoms with van der Waals surface area (Å²) >= 11 is 0. The molecule has 0 aliphatic heterocycles. The second kappa shape index (κ2) is 10.1. The van der Waals surface area contributed by atoms with Crippen molar-refractivity contribution in [2.75, 3.05) is 11.9 Å². The number of carbonyl (C=O) groups excluding carboxylic acids is 1. The fraction of sp³-hybridized carbons (Fsp3) is 0.333. The molecule has 1 saturated carbocycles. The molecule has 2 aromatic heterocycles. The first-order chi connectivity index (χ1) is 17.8. The zero-order chi connectivity index (χ0) is 26.1. The van der Waals surface area contributed by atoms with Crippen LogP contribution in [0.3, 0.4) is 0 Å². The quantitative estimate of drug-likeness (QED) is 0.189. The summed E-state index contributed by atoms with van der Waals surface area (Å²) < 4.78 is 71.9. The maximum atomic E-state index is 15.2. The van der Waals surface area contributed by atoms with E-state index in [1.54, 1.807) is 13.0 Å². The van der Waals surface area contributed by atoms with Crippen LogP contribution in [0.2, 0.25) is 0 Å². The minimum atomic E-state index is -1.34. The van der Waals surface area contributed by atoms with Crippen molar-refractivity contribution in [2.45, 2.75) is 38.7 Å². The summed E-state index contributed by atoms with van der Waals surface area (Å²) in [6.45, 7) is 2.10. The van der Waals surface area contributed by atoms with E-state index in [-0.39, 0.29) is 52.5 Å². The number of nitrogens with zero attached hydrogens (tertiary/aromatic N) is 3. The summed E-state index contributed by atoms with van der Waals surface area (Å²) in [5.74, 6) is -4.80. The highest BCUT2D eigenvalue weighted by atomic mass is 19.2. The Morgan fingerprint density at radius 2 is 1.84 bits per heavy atom. The Bertz CT molecular complexity index is 1450. The number of aromatic nitrogens is 4. The molecule has 0 saturated heterocycles. The Morgan fingerprint density at radius 1 is 1.08 bits per heavy atom. The maximum absolute atomic E-state index is 15.2. The van der Waals surface area contributed by atoms with Gasteiger partial charge in [0.1, 0.15) is 11.3 Å². The van der Waals surface area contributed by atoms with Gasteiger partial charge in [0.05, 0.1) is 29.8 Å². The van der Waals surface area contributed by atoms with Gasteiger partial charge in [-0.15, -0.1) is 5.10 Å². The van der Waals surface area contributed by atoms with Crippen LogP contribution in [0.15, 0.2) is 28.7 Å². The van der Waals surface area contributed by atoms with Crippen molar-refractivity contribution in [3.05, 3.63) is 47.5 Å². The number of rotatable bonds is 7. The Hall–Kier alpha value is -4.16. The van der Waals surface area contributed by atoms with E-state index >= 15 is 4.39 Å². The number of aromatic amines is 1. The number of ether oxygens (including phenoxy) is 2. The SMILES string of the molecule is CCOC(=O)C1CCC(Oc2ccc3nc(-c4nnc(Nc5cc(F)c(F)cc5F)o4)[nH]c3c2F)CC1. The first-order valence-corrected chi connectivity index (χ1v) is 11.6. The van der Waals surface area contributed by atoms with Gasteiger partial charge in [-0.3, -0.25) is 4.79 Å². The fourth-order valence-electron chi connectivity index (χ4n) is 4.18. The molecule has 37 heavy (non-hydrogen) atoms. The third-order valence-corrected chi connectivity index (χ3v) is 6.03. The minimum absolute atomic E-state index is 0.0315. The molecule has 0 bridgehead atoms. The second-order valence-electron chi connectivity index (χ2n) is 8.48. The van der Waals surface area contributed by atoms with E-state index in [0.29, 0.717) is 44.4 Å². The van der Waals surface area contributed by atoms with Crippen molar-refractivity contribution in [3.63, 3.8) is 0 Å². The summed E-state index contributed by atoms with van der Waals surface area (Å²) in [5.41, 5.74) is -0.0971. The van der Waals surface area contributed by atoms with Crippen LogP contribution in [0.4, 0.5) is 29.3 Å². The van der Waals surface area contributed by atoms with Crippen LogP contribution in [0, 0.1) is 29.2 Å². The molecule has 0 spiro atoms. The minimum Gasteiger partial charge on any atom is -0.487 e. The molecule has 0 atom stereocenters. The molecule has 13 heteroatoms. The molecule has 4 aromatic rings. The van der Waals surface area contributed by atoms with Gasteiger partial charge < -0.3 is 24.2 Å². The van der Waals surface area contributed by atoms with Crippen molar-refractivity contribution in [1.29, 1.82) is 0 Å². The number of imidazole rings is 1. The molecule has 0 radical (unpaired) electrons. The van der Waals surface area contributed by atoms with E-state index in [0.717, 1.165) is 0 Å². The zero-order valence-electron chi connectivity index (χ0n) is 19.5. The smallest absolute Gasteiger partial charge is 0.320 e. The van der Waals surface area contributed by atoms with Crippen LogP contribution >= 0.6 is 0 Å². The van der Waals surface area contributed by atoms with Crippen LogP contribution in [-0.4, -0.2) is 38.8 Å². The Kier molecular flexibility index (Phi) is 6.68. The lowest BCUT2D eigenvalue weighted by molar-refractivity contribution is -0.149. The van der Waals surface area contributed by atoms with Crippen LogP contribution in [0.1, 0.15) is 32.6 Å². The summed E-state index contributed by atoms with van der Waals surface area (Å²) in [5, 5.41) is 9.81. The molecule has 2 N–H and O–H groups in total. The number of anilines is 2. The van der Waals surface area contributed by atoms with Gasteiger partial charge in [-0.2, -0.15) is 0 Å². The molecule has 0 amide bonds. The highest BCUT2D eigenvalue weighted by molar-refractivity contribution is 5.80. The largest absolute Gasteiger partial charge is 0.487 e. The van der Waals surface area contributed by atoms with Crippen molar-refractivity contribution >= 4 is 28.7 Å². The number of carbonyl (C=O) groups is 1.